The highest BCUT2D eigenvalue weighted by molar-refractivity contribution is 6.28. The highest BCUT2D eigenvalue weighted by Crippen LogP contribution is 2.49. The first-order chi connectivity index (χ1) is 29.5. The second-order valence-electron chi connectivity index (χ2n) is 16.2. The molecule has 60 heavy (non-hydrogen) atoms. The fourth-order valence-corrected chi connectivity index (χ4v) is 9.36. The third kappa shape index (κ3) is 5.33. The molecular weight excluding hydrogens is 733 g/mol. The summed E-state index contributed by atoms with van der Waals surface area (Å²) in [5, 5.41) is 6.44. The first kappa shape index (κ1) is 34.3. The molecule has 11 aromatic rings. The van der Waals surface area contributed by atoms with Crippen molar-refractivity contribution in [1.82, 2.24) is 19.9 Å². The zero-order valence-electron chi connectivity index (χ0n) is 33.0. The molecule has 5 heteroatoms. The summed E-state index contributed by atoms with van der Waals surface area (Å²) in [5.41, 5.74) is 12.6. The van der Waals surface area contributed by atoms with Crippen LogP contribution >= 0.6 is 0 Å². The molecule has 2 heterocycles. The van der Waals surface area contributed by atoms with Crippen molar-refractivity contribution in [3.05, 3.63) is 193 Å². The molecule has 1 aliphatic rings. The number of hydrogen-bond acceptors (Lipinski definition) is 5. The molecule has 282 valence electrons. The molecule has 0 unspecified atom stereocenters. The number of oxazole rings is 1. The molecule has 12 rings (SSSR count). The van der Waals surface area contributed by atoms with E-state index in [0.717, 1.165) is 76.8 Å². The van der Waals surface area contributed by atoms with Gasteiger partial charge in [0.2, 0.25) is 5.89 Å². The highest BCUT2D eigenvalue weighted by atomic mass is 16.3. The Kier molecular flexibility index (Phi) is 7.51. The maximum absolute atomic E-state index is 6.63. The molecule has 0 N–H and O–H groups in total. The second-order valence-corrected chi connectivity index (χ2v) is 16.2. The van der Waals surface area contributed by atoms with Crippen molar-refractivity contribution >= 4 is 43.4 Å². The summed E-state index contributed by atoms with van der Waals surface area (Å²) in [7, 11) is 0. The Morgan fingerprint density at radius 3 is 1.82 bits per heavy atom. The fraction of sp³-hybridized carbons (Fsp3) is 0.0545. The molecule has 0 spiro atoms. The molecule has 0 fully saturated rings. The van der Waals surface area contributed by atoms with Crippen molar-refractivity contribution in [2.75, 3.05) is 0 Å². The largest absolute Gasteiger partial charge is 0.435 e. The van der Waals surface area contributed by atoms with Crippen LogP contribution in [0, 0.1) is 0 Å². The van der Waals surface area contributed by atoms with Crippen LogP contribution < -0.4 is 0 Å². The third-order valence-electron chi connectivity index (χ3n) is 12.3. The number of rotatable bonds is 5. The molecule has 0 radical (unpaired) electrons. The van der Waals surface area contributed by atoms with Crippen molar-refractivity contribution < 1.29 is 4.42 Å². The first-order valence-corrected chi connectivity index (χ1v) is 20.4. The van der Waals surface area contributed by atoms with Crippen LogP contribution in [-0.2, 0) is 5.41 Å². The van der Waals surface area contributed by atoms with E-state index in [1.54, 1.807) is 0 Å². The summed E-state index contributed by atoms with van der Waals surface area (Å²) in [6.45, 7) is 4.61. The lowest BCUT2D eigenvalue weighted by Gasteiger charge is -2.21. The van der Waals surface area contributed by atoms with Crippen molar-refractivity contribution in [3.63, 3.8) is 0 Å². The molecule has 0 amide bonds. The topological polar surface area (TPSA) is 64.7 Å². The van der Waals surface area contributed by atoms with E-state index in [1.807, 2.05) is 36.4 Å². The number of fused-ring (bicyclic) bond motifs is 10. The van der Waals surface area contributed by atoms with E-state index in [0.29, 0.717) is 23.4 Å². The van der Waals surface area contributed by atoms with E-state index in [4.69, 9.17) is 24.4 Å². The average molecular weight is 769 g/mol. The number of nitrogens with zero attached hydrogens (tertiary/aromatic N) is 4. The van der Waals surface area contributed by atoms with Gasteiger partial charge in [-0.05, 0) is 91.3 Å². The van der Waals surface area contributed by atoms with Crippen LogP contribution in [0.15, 0.2) is 186 Å². The van der Waals surface area contributed by atoms with Gasteiger partial charge in [0.25, 0.3) is 0 Å². The molecule has 0 saturated heterocycles. The highest BCUT2D eigenvalue weighted by Gasteiger charge is 2.35. The van der Waals surface area contributed by atoms with Crippen molar-refractivity contribution in [3.8, 4) is 67.9 Å². The summed E-state index contributed by atoms with van der Waals surface area (Å²) in [5.74, 6) is 2.47. The summed E-state index contributed by atoms with van der Waals surface area (Å²) in [4.78, 5) is 20.9. The van der Waals surface area contributed by atoms with Gasteiger partial charge in [0.1, 0.15) is 5.52 Å². The zero-order valence-corrected chi connectivity index (χ0v) is 33.0. The minimum Gasteiger partial charge on any atom is -0.435 e. The Hall–Kier alpha value is -7.76. The van der Waals surface area contributed by atoms with Crippen molar-refractivity contribution in [2.45, 2.75) is 19.3 Å². The average Bonchev–Trinajstić information content (AvgIpc) is 3.85. The van der Waals surface area contributed by atoms with Gasteiger partial charge in [0.15, 0.2) is 23.1 Å². The van der Waals surface area contributed by atoms with Crippen molar-refractivity contribution in [2.24, 2.45) is 0 Å². The van der Waals surface area contributed by atoms with Gasteiger partial charge in [-0.15, -0.1) is 0 Å². The van der Waals surface area contributed by atoms with Gasteiger partial charge in [0.05, 0.1) is 0 Å². The summed E-state index contributed by atoms with van der Waals surface area (Å²) in [6, 6.07) is 63.8. The first-order valence-electron chi connectivity index (χ1n) is 20.4. The molecule has 0 saturated carbocycles. The number of hydrogen-bond donors (Lipinski definition) is 0. The zero-order chi connectivity index (χ0) is 40.0. The van der Waals surface area contributed by atoms with Gasteiger partial charge in [-0.25, -0.2) is 19.9 Å². The maximum Gasteiger partial charge on any atom is 0.227 e. The van der Waals surface area contributed by atoms with E-state index in [2.05, 4.69) is 159 Å². The molecule has 0 bridgehead atoms. The second kappa shape index (κ2) is 13.1. The predicted molar refractivity (Wildman–Crippen MR) is 245 cm³/mol. The lowest BCUT2D eigenvalue weighted by Crippen LogP contribution is -2.14. The molecule has 9 aromatic carbocycles. The van der Waals surface area contributed by atoms with E-state index >= 15 is 0 Å². The lowest BCUT2D eigenvalue weighted by molar-refractivity contribution is 0.623. The molecule has 1 aliphatic carbocycles. The van der Waals surface area contributed by atoms with Crippen LogP contribution in [0.4, 0.5) is 0 Å². The van der Waals surface area contributed by atoms with Gasteiger partial charge in [-0.3, -0.25) is 0 Å². The van der Waals surface area contributed by atoms with Crippen LogP contribution in [0.2, 0.25) is 0 Å². The van der Waals surface area contributed by atoms with Crippen LogP contribution in [0.5, 0.6) is 0 Å². The minimum atomic E-state index is -0.105. The SMILES string of the molecule is CC1(C)c2ccccc2-c2cc(-c3nc(-c4cccc(-c5ccccc5)c4)nc(-c4cc5ccc6ccc7nc(-c8ccccc8)oc7c6c5c5ccccc45)n3)ccc21. The van der Waals surface area contributed by atoms with E-state index < -0.39 is 0 Å². The van der Waals surface area contributed by atoms with E-state index in [1.165, 1.54) is 22.3 Å². The maximum atomic E-state index is 6.63. The van der Waals surface area contributed by atoms with Gasteiger partial charge in [-0.1, -0.05) is 159 Å². The van der Waals surface area contributed by atoms with Gasteiger partial charge in [0, 0.05) is 38.4 Å². The molecule has 0 atom stereocenters. The van der Waals surface area contributed by atoms with Crippen LogP contribution in [0.1, 0.15) is 25.0 Å². The van der Waals surface area contributed by atoms with E-state index in [9.17, 15) is 0 Å². The summed E-state index contributed by atoms with van der Waals surface area (Å²) < 4.78 is 6.63. The summed E-state index contributed by atoms with van der Waals surface area (Å²) in [6.07, 6.45) is 0. The number of aromatic nitrogens is 4. The third-order valence-corrected chi connectivity index (χ3v) is 12.3. The Morgan fingerprint density at radius 1 is 0.383 bits per heavy atom. The molecule has 5 nitrogen and oxygen atoms in total. The van der Waals surface area contributed by atoms with Crippen LogP contribution in [0.25, 0.3) is 111 Å². The molecular formula is C55H36N4O. The van der Waals surface area contributed by atoms with E-state index in [-0.39, 0.29) is 5.41 Å². The minimum absolute atomic E-state index is 0.105. The van der Waals surface area contributed by atoms with Crippen molar-refractivity contribution in [1.29, 1.82) is 0 Å². The Labute approximate surface area is 346 Å². The Morgan fingerprint density at radius 2 is 1.00 bits per heavy atom. The molecule has 0 aliphatic heterocycles. The van der Waals surface area contributed by atoms with Gasteiger partial charge >= 0.3 is 0 Å². The Balaban J connectivity index is 1.10. The van der Waals surface area contributed by atoms with Crippen LogP contribution in [-0.4, -0.2) is 19.9 Å². The quantitative estimate of drug-likeness (QED) is 0.163. The Bertz CT molecular complexity index is 3520. The summed E-state index contributed by atoms with van der Waals surface area (Å²) >= 11 is 0. The normalized spacial score (nSPS) is 13.0. The number of benzene rings is 9. The predicted octanol–water partition coefficient (Wildman–Crippen LogP) is 14.1. The smallest absolute Gasteiger partial charge is 0.227 e. The van der Waals surface area contributed by atoms with Crippen LogP contribution in [0.3, 0.4) is 0 Å². The standard InChI is InChI=1S/C55H36N4O/c1-55(2)45-23-12-11-21-41(45)43-32-39(26-28-46(43)55)52-57-51(38-19-13-18-36(30-38)33-14-5-3-6-15-33)58-53(59-52)44-31-37-25-24-34-27-29-47-50(60-54(56-47)35-16-7-4-8-17-35)49(34)48(37)42-22-10-9-20-40(42)44/h3-32H,1-2H3. The fourth-order valence-electron chi connectivity index (χ4n) is 9.36. The monoisotopic (exact) mass is 768 g/mol. The molecule has 2 aromatic heterocycles. The van der Waals surface area contributed by atoms with Gasteiger partial charge in [-0.2, -0.15) is 0 Å². The van der Waals surface area contributed by atoms with Gasteiger partial charge < -0.3 is 4.42 Å². The lowest BCUT2D eigenvalue weighted by atomic mass is 9.82.